The summed E-state index contributed by atoms with van der Waals surface area (Å²) in [6.45, 7) is 4.53. The molecule has 1 heterocycles. The summed E-state index contributed by atoms with van der Waals surface area (Å²) < 4.78 is 32.3. The van der Waals surface area contributed by atoms with Crippen LogP contribution in [0.2, 0.25) is 0 Å². The summed E-state index contributed by atoms with van der Waals surface area (Å²) in [6.07, 6.45) is 0.973. The lowest BCUT2D eigenvalue weighted by Crippen LogP contribution is -2.48. The van der Waals surface area contributed by atoms with E-state index >= 15 is 0 Å². The number of sulfonamides is 1. The largest absolute Gasteiger partial charge is 0.497 e. The Kier molecular flexibility index (Phi) is 5.30. The smallest absolute Gasteiger partial charge is 0.243 e. The molecule has 0 atom stereocenters. The summed E-state index contributed by atoms with van der Waals surface area (Å²) in [4.78, 5) is 2.59. The molecule has 1 aliphatic rings. The number of para-hydroxylation sites is 1. The standard InChI is InChI=1S/C19H24N2O3S/c1-3-16-6-4-5-7-19(16)20-12-14-21(15-13-20)25(22,23)18-10-8-17(24-2)9-11-18/h4-11H,3,12-15H2,1-2H3. The monoisotopic (exact) mass is 360 g/mol. The van der Waals surface area contributed by atoms with Gasteiger partial charge in [-0.15, -0.1) is 0 Å². The number of nitrogens with zero attached hydrogens (tertiary/aromatic N) is 2. The zero-order chi connectivity index (χ0) is 17.9. The van der Waals surface area contributed by atoms with Crippen molar-refractivity contribution in [3.05, 3.63) is 54.1 Å². The van der Waals surface area contributed by atoms with Gasteiger partial charge >= 0.3 is 0 Å². The number of anilines is 1. The number of ether oxygens (including phenoxy) is 1. The van der Waals surface area contributed by atoms with Gasteiger partial charge in [0.25, 0.3) is 0 Å². The van der Waals surface area contributed by atoms with Gasteiger partial charge in [0.15, 0.2) is 0 Å². The average molecular weight is 360 g/mol. The number of hydrogen-bond acceptors (Lipinski definition) is 4. The van der Waals surface area contributed by atoms with Gasteiger partial charge in [-0.3, -0.25) is 0 Å². The number of rotatable bonds is 5. The maximum Gasteiger partial charge on any atom is 0.243 e. The van der Waals surface area contributed by atoms with Crippen LogP contribution in [-0.2, 0) is 16.4 Å². The first-order chi connectivity index (χ1) is 12.1. The topological polar surface area (TPSA) is 49.9 Å². The van der Waals surface area contributed by atoms with E-state index in [-0.39, 0.29) is 0 Å². The molecule has 0 unspecified atom stereocenters. The third kappa shape index (κ3) is 3.65. The van der Waals surface area contributed by atoms with Crippen molar-refractivity contribution in [2.75, 3.05) is 38.2 Å². The number of methoxy groups -OCH3 is 1. The Bertz CT molecular complexity index is 811. The lowest BCUT2D eigenvalue weighted by molar-refractivity contribution is 0.384. The zero-order valence-electron chi connectivity index (χ0n) is 14.7. The number of hydrogen-bond donors (Lipinski definition) is 0. The van der Waals surface area contributed by atoms with Crippen LogP contribution < -0.4 is 9.64 Å². The van der Waals surface area contributed by atoms with Crippen LogP contribution in [0.15, 0.2) is 53.4 Å². The van der Waals surface area contributed by atoms with Crippen molar-refractivity contribution in [1.29, 1.82) is 0 Å². The van der Waals surface area contributed by atoms with Crippen molar-refractivity contribution < 1.29 is 13.2 Å². The highest BCUT2D eigenvalue weighted by Gasteiger charge is 2.29. The third-order valence-corrected chi connectivity index (χ3v) is 6.56. The van der Waals surface area contributed by atoms with E-state index < -0.39 is 10.0 Å². The van der Waals surface area contributed by atoms with Gasteiger partial charge in [0.2, 0.25) is 10.0 Å². The van der Waals surface area contributed by atoms with Crippen LogP contribution in [0.5, 0.6) is 5.75 Å². The van der Waals surface area contributed by atoms with Crippen LogP contribution in [0.25, 0.3) is 0 Å². The molecule has 0 amide bonds. The number of aryl methyl sites for hydroxylation is 1. The molecule has 3 rings (SSSR count). The molecular formula is C19H24N2O3S. The first-order valence-electron chi connectivity index (χ1n) is 8.53. The van der Waals surface area contributed by atoms with E-state index in [2.05, 4.69) is 24.0 Å². The second kappa shape index (κ2) is 7.45. The predicted molar refractivity (Wildman–Crippen MR) is 99.8 cm³/mol. The fraction of sp³-hybridized carbons (Fsp3) is 0.368. The van der Waals surface area contributed by atoms with Gasteiger partial charge in [0.1, 0.15) is 5.75 Å². The van der Waals surface area contributed by atoms with Gasteiger partial charge in [-0.25, -0.2) is 8.42 Å². The Labute approximate surface area is 149 Å². The summed E-state index contributed by atoms with van der Waals surface area (Å²) in [7, 11) is -1.89. The summed E-state index contributed by atoms with van der Waals surface area (Å²) in [5.41, 5.74) is 2.51. The van der Waals surface area contributed by atoms with Crippen molar-refractivity contribution in [1.82, 2.24) is 4.31 Å². The maximum absolute atomic E-state index is 12.8. The highest BCUT2D eigenvalue weighted by molar-refractivity contribution is 7.89. The molecule has 0 N–H and O–H groups in total. The average Bonchev–Trinajstić information content (AvgIpc) is 2.68. The Morgan fingerprint density at radius 2 is 1.60 bits per heavy atom. The molecular weight excluding hydrogens is 336 g/mol. The molecule has 5 nitrogen and oxygen atoms in total. The summed E-state index contributed by atoms with van der Waals surface area (Å²) >= 11 is 0. The Morgan fingerprint density at radius 3 is 2.20 bits per heavy atom. The van der Waals surface area contributed by atoms with E-state index in [1.807, 2.05) is 12.1 Å². The molecule has 134 valence electrons. The number of piperazine rings is 1. The van der Waals surface area contributed by atoms with Crippen LogP contribution in [0.3, 0.4) is 0 Å². The molecule has 0 aliphatic carbocycles. The third-order valence-electron chi connectivity index (χ3n) is 4.65. The fourth-order valence-electron chi connectivity index (χ4n) is 3.18. The quantitative estimate of drug-likeness (QED) is 0.823. The van der Waals surface area contributed by atoms with Crippen LogP contribution in [-0.4, -0.2) is 46.0 Å². The van der Waals surface area contributed by atoms with E-state index in [1.54, 1.807) is 35.7 Å². The van der Waals surface area contributed by atoms with Gasteiger partial charge in [0.05, 0.1) is 12.0 Å². The van der Waals surface area contributed by atoms with Crippen LogP contribution in [0.1, 0.15) is 12.5 Å². The molecule has 0 aromatic heterocycles. The first-order valence-corrected chi connectivity index (χ1v) is 9.97. The van der Waals surface area contributed by atoms with E-state index in [9.17, 15) is 8.42 Å². The van der Waals surface area contributed by atoms with Crippen LogP contribution >= 0.6 is 0 Å². The molecule has 1 fully saturated rings. The molecule has 2 aromatic carbocycles. The zero-order valence-corrected chi connectivity index (χ0v) is 15.5. The minimum atomic E-state index is -3.46. The van der Waals surface area contributed by atoms with E-state index in [1.165, 1.54) is 11.3 Å². The summed E-state index contributed by atoms with van der Waals surface area (Å²) in [6, 6.07) is 14.9. The van der Waals surface area contributed by atoms with Crippen molar-refractivity contribution >= 4 is 15.7 Å². The van der Waals surface area contributed by atoms with Crippen molar-refractivity contribution in [2.45, 2.75) is 18.2 Å². The molecule has 0 saturated carbocycles. The van der Waals surface area contributed by atoms with Crippen LogP contribution in [0.4, 0.5) is 5.69 Å². The van der Waals surface area contributed by atoms with E-state index in [0.717, 1.165) is 6.42 Å². The molecule has 1 aliphatic heterocycles. The van der Waals surface area contributed by atoms with Gasteiger partial charge < -0.3 is 9.64 Å². The van der Waals surface area contributed by atoms with Gasteiger partial charge in [0, 0.05) is 31.9 Å². The van der Waals surface area contributed by atoms with Gasteiger partial charge in [-0.1, -0.05) is 25.1 Å². The van der Waals surface area contributed by atoms with E-state index in [0.29, 0.717) is 36.8 Å². The van der Waals surface area contributed by atoms with Gasteiger partial charge in [-0.2, -0.15) is 4.31 Å². The van der Waals surface area contributed by atoms with Crippen molar-refractivity contribution in [3.8, 4) is 5.75 Å². The number of benzene rings is 2. The highest BCUT2D eigenvalue weighted by Crippen LogP contribution is 2.25. The SMILES string of the molecule is CCc1ccccc1N1CCN(S(=O)(=O)c2ccc(OC)cc2)CC1. The summed E-state index contributed by atoms with van der Waals surface area (Å²) in [5.74, 6) is 0.653. The fourth-order valence-corrected chi connectivity index (χ4v) is 4.61. The highest BCUT2D eigenvalue weighted by atomic mass is 32.2. The van der Waals surface area contributed by atoms with Crippen molar-refractivity contribution in [3.63, 3.8) is 0 Å². The molecule has 25 heavy (non-hydrogen) atoms. The second-order valence-corrected chi connectivity index (χ2v) is 7.99. The molecule has 6 heteroatoms. The Hall–Kier alpha value is -2.05. The normalized spacial score (nSPS) is 16.0. The molecule has 0 radical (unpaired) electrons. The first kappa shape index (κ1) is 17.8. The Morgan fingerprint density at radius 1 is 0.960 bits per heavy atom. The Balaban J connectivity index is 1.72. The summed E-state index contributed by atoms with van der Waals surface area (Å²) in [5, 5.41) is 0. The predicted octanol–water partition coefficient (Wildman–Crippen LogP) is 2.77. The maximum atomic E-state index is 12.8. The molecule has 1 saturated heterocycles. The minimum absolute atomic E-state index is 0.315. The van der Waals surface area contributed by atoms with Crippen LogP contribution in [0, 0.1) is 0 Å². The van der Waals surface area contributed by atoms with E-state index in [4.69, 9.17) is 4.74 Å². The van der Waals surface area contributed by atoms with Crippen molar-refractivity contribution in [2.24, 2.45) is 0 Å². The molecule has 0 bridgehead atoms. The lowest BCUT2D eigenvalue weighted by atomic mass is 10.1. The molecule has 2 aromatic rings. The molecule has 0 spiro atoms. The van der Waals surface area contributed by atoms with Gasteiger partial charge in [-0.05, 0) is 42.3 Å². The lowest BCUT2D eigenvalue weighted by Gasteiger charge is -2.36. The second-order valence-electron chi connectivity index (χ2n) is 6.05. The minimum Gasteiger partial charge on any atom is -0.497 e.